The number of hydrogen-bond donors (Lipinski definition) is 1. The maximum absolute atomic E-state index is 3.88. The molecule has 1 aromatic heterocycles. The molecule has 10 heavy (non-hydrogen) atoms. The lowest BCUT2D eigenvalue weighted by Gasteiger charge is -1.95. The highest BCUT2D eigenvalue weighted by Crippen LogP contribution is 2.41. The summed E-state index contributed by atoms with van der Waals surface area (Å²) in [5, 5.41) is 0. The van der Waals surface area contributed by atoms with Crippen LogP contribution >= 0.6 is 0 Å². The number of aromatic amines is 1. The molecule has 1 heteroatoms. The monoisotopic (exact) mass is 134 g/mol. The second-order valence-corrected chi connectivity index (χ2v) is 2.96. The van der Waals surface area contributed by atoms with Gasteiger partial charge in [0.2, 0.25) is 0 Å². The third kappa shape index (κ3) is 0.859. The van der Waals surface area contributed by atoms with E-state index in [0.29, 0.717) is 0 Å². The Hall–Kier alpha value is -0.720. The van der Waals surface area contributed by atoms with Gasteiger partial charge in [0.05, 0.1) is 0 Å². The van der Waals surface area contributed by atoms with Crippen molar-refractivity contribution in [3.63, 3.8) is 0 Å². The second-order valence-electron chi connectivity index (χ2n) is 2.96. The van der Waals surface area contributed by atoms with Crippen LogP contribution in [0.5, 0.6) is 0 Å². The molecular formula is C9H12N. The summed E-state index contributed by atoms with van der Waals surface area (Å²) in [5.41, 5.74) is 2.91. The van der Waals surface area contributed by atoms with E-state index in [0.717, 1.165) is 12.3 Å². The van der Waals surface area contributed by atoms with E-state index >= 15 is 0 Å². The number of aromatic nitrogens is 1. The van der Waals surface area contributed by atoms with Crippen LogP contribution in [-0.4, -0.2) is 4.98 Å². The van der Waals surface area contributed by atoms with Crippen molar-refractivity contribution in [2.75, 3.05) is 0 Å². The zero-order valence-corrected chi connectivity index (χ0v) is 6.06. The van der Waals surface area contributed by atoms with Gasteiger partial charge < -0.3 is 4.98 Å². The van der Waals surface area contributed by atoms with E-state index in [1.54, 1.807) is 0 Å². The molecule has 0 saturated heterocycles. The predicted molar refractivity (Wildman–Crippen MR) is 41.8 cm³/mol. The van der Waals surface area contributed by atoms with Crippen molar-refractivity contribution < 1.29 is 0 Å². The van der Waals surface area contributed by atoms with Gasteiger partial charge in [-0.2, -0.15) is 0 Å². The number of rotatable bonds is 2. The summed E-state index contributed by atoms with van der Waals surface area (Å²) in [5.74, 6) is 0.864. The van der Waals surface area contributed by atoms with Gasteiger partial charge in [-0.1, -0.05) is 0 Å². The molecule has 0 spiro atoms. The first kappa shape index (κ1) is 6.02. The fourth-order valence-electron chi connectivity index (χ4n) is 1.40. The van der Waals surface area contributed by atoms with Crippen molar-refractivity contribution in [1.82, 2.24) is 4.98 Å². The molecule has 1 radical (unpaired) electrons. The Bertz CT molecular complexity index is 220. The van der Waals surface area contributed by atoms with E-state index in [1.807, 2.05) is 0 Å². The van der Waals surface area contributed by atoms with E-state index in [-0.39, 0.29) is 0 Å². The Morgan fingerprint density at radius 3 is 2.90 bits per heavy atom. The van der Waals surface area contributed by atoms with E-state index < -0.39 is 0 Å². The summed E-state index contributed by atoms with van der Waals surface area (Å²) in [7, 11) is 0. The van der Waals surface area contributed by atoms with Gasteiger partial charge >= 0.3 is 0 Å². The largest absolute Gasteiger partial charge is 0.367 e. The predicted octanol–water partition coefficient (Wildman–Crippen LogP) is 2.27. The van der Waals surface area contributed by atoms with Crippen LogP contribution in [0.1, 0.15) is 29.9 Å². The molecule has 1 saturated carbocycles. The molecule has 0 bridgehead atoms. The molecule has 1 aliphatic carbocycles. The number of nitrogens with one attached hydrogen (secondary N) is 1. The third-order valence-electron chi connectivity index (χ3n) is 2.15. The molecule has 0 aromatic carbocycles. The first-order chi connectivity index (χ1) is 4.92. The molecular weight excluding hydrogens is 122 g/mol. The van der Waals surface area contributed by atoms with E-state index in [2.05, 4.69) is 24.3 Å². The quantitative estimate of drug-likeness (QED) is 0.638. The van der Waals surface area contributed by atoms with Gasteiger partial charge in [-0.3, -0.25) is 0 Å². The van der Waals surface area contributed by atoms with Gasteiger partial charge in [-0.25, -0.2) is 0 Å². The minimum absolute atomic E-state index is 0.864. The number of hydrogen-bond acceptors (Lipinski definition) is 0. The molecule has 1 aromatic rings. The van der Waals surface area contributed by atoms with E-state index in [4.69, 9.17) is 0 Å². The molecule has 1 aliphatic rings. The molecule has 0 unspecified atom stereocenters. The Balaban J connectivity index is 2.28. The first-order valence-electron chi connectivity index (χ1n) is 3.86. The summed E-state index contributed by atoms with van der Waals surface area (Å²) in [6.07, 6.45) is 7.88. The van der Waals surface area contributed by atoms with Crippen molar-refractivity contribution in [3.05, 3.63) is 30.4 Å². The molecule has 1 fully saturated rings. The molecule has 0 atom stereocenters. The van der Waals surface area contributed by atoms with Gasteiger partial charge in [0, 0.05) is 12.4 Å². The topological polar surface area (TPSA) is 15.8 Å². The van der Waals surface area contributed by atoms with Gasteiger partial charge in [-0.15, -0.1) is 0 Å². The normalized spacial score (nSPS) is 17.7. The summed E-state index contributed by atoms with van der Waals surface area (Å²) in [4.78, 5) is 3.13. The van der Waals surface area contributed by atoms with Crippen LogP contribution in [0.4, 0.5) is 0 Å². The highest BCUT2D eigenvalue weighted by Gasteiger charge is 2.25. The highest BCUT2D eigenvalue weighted by atomic mass is 14.6. The maximum atomic E-state index is 3.88. The Morgan fingerprint density at radius 2 is 2.30 bits per heavy atom. The smallest absolute Gasteiger partial charge is 0.00430 e. The fourth-order valence-corrected chi connectivity index (χ4v) is 1.40. The SMILES string of the molecule is [CH2]Cc1c[nH]cc1C1CC1. The lowest BCUT2D eigenvalue weighted by Crippen LogP contribution is -1.82. The third-order valence-corrected chi connectivity index (χ3v) is 2.15. The fraction of sp³-hybridized carbons (Fsp3) is 0.444. The highest BCUT2D eigenvalue weighted by molar-refractivity contribution is 5.30. The van der Waals surface area contributed by atoms with Crippen LogP contribution in [0.25, 0.3) is 0 Å². The zero-order valence-electron chi connectivity index (χ0n) is 6.06. The van der Waals surface area contributed by atoms with Gasteiger partial charge in [0.25, 0.3) is 0 Å². The van der Waals surface area contributed by atoms with Crippen molar-refractivity contribution in [2.45, 2.75) is 25.2 Å². The van der Waals surface area contributed by atoms with Crippen molar-refractivity contribution in [3.8, 4) is 0 Å². The minimum atomic E-state index is 0.864. The lowest BCUT2D eigenvalue weighted by atomic mass is 10.1. The van der Waals surface area contributed by atoms with Crippen molar-refractivity contribution in [1.29, 1.82) is 0 Å². The standard InChI is InChI=1S/C9H12N/c1-2-7-5-10-6-9(7)8-3-4-8/h5-6,8,10H,1-4H2. The molecule has 1 heterocycles. The van der Waals surface area contributed by atoms with Gasteiger partial charge in [-0.05, 0) is 43.2 Å². The average Bonchev–Trinajstić information content (AvgIpc) is 2.69. The molecule has 0 amide bonds. The minimum Gasteiger partial charge on any atom is -0.367 e. The second kappa shape index (κ2) is 2.15. The molecule has 1 N–H and O–H groups in total. The molecule has 0 aliphatic heterocycles. The Kier molecular flexibility index (Phi) is 1.30. The van der Waals surface area contributed by atoms with Crippen molar-refractivity contribution >= 4 is 0 Å². The van der Waals surface area contributed by atoms with E-state index in [9.17, 15) is 0 Å². The van der Waals surface area contributed by atoms with Gasteiger partial charge in [0.1, 0.15) is 0 Å². The van der Waals surface area contributed by atoms with Crippen molar-refractivity contribution in [2.24, 2.45) is 0 Å². The van der Waals surface area contributed by atoms with Crippen LogP contribution in [0.2, 0.25) is 0 Å². The molecule has 2 rings (SSSR count). The van der Waals surface area contributed by atoms with Crippen LogP contribution in [0.15, 0.2) is 12.4 Å². The van der Waals surface area contributed by atoms with Crippen LogP contribution in [0, 0.1) is 6.92 Å². The van der Waals surface area contributed by atoms with Crippen LogP contribution < -0.4 is 0 Å². The summed E-state index contributed by atoms with van der Waals surface area (Å²) < 4.78 is 0. The Morgan fingerprint density at radius 1 is 1.50 bits per heavy atom. The molecule has 1 nitrogen and oxygen atoms in total. The summed E-state index contributed by atoms with van der Waals surface area (Å²) in [6.45, 7) is 3.88. The average molecular weight is 134 g/mol. The van der Waals surface area contributed by atoms with Crippen LogP contribution in [0.3, 0.4) is 0 Å². The Labute approximate surface area is 61.5 Å². The van der Waals surface area contributed by atoms with Gasteiger partial charge in [0.15, 0.2) is 0 Å². The lowest BCUT2D eigenvalue weighted by molar-refractivity contribution is 1.09. The zero-order chi connectivity index (χ0) is 6.97. The summed E-state index contributed by atoms with van der Waals surface area (Å²) in [6, 6.07) is 0. The van der Waals surface area contributed by atoms with Crippen LogP contribution in [-0.2, 0) is 6.42 Å². The first-order valence-corrected chi connectivity index (χ1v) is 3.86. The number of H-pyrrole nitrogens is 1. The van der Waals surface area contributed by atoms with E-state index in [1.165, 1.54) is 24.0 Å². The molecule has 53 valence electrons. The maximum Gasteiger partial charge on any atom is 0.00430 e. The summed E-state index contributed by atoms with van der Waals surface area (Å²) >= 11 is 0.